The summed E-state index contributed by atoms with van der Waals surface area (Å²) >= 11 is 0. The number of likely N-dealkylation sites (tertiary alicyclic amines) is 7. The standard InChI is InChI=1S/C14H25N.C13H23NO2.C12H21F2N.C12H25NO.C12H25N.C11H22FN.C11H21N/c1-11(2)13-9-14(7-5-6-8-14)10-15(13)12(3)4;1-9(2)11-7-13(6-5-12(15)16-13)8-14(11)10(3)4;1-8(2)10-5-11(6-12(11,13)14)7-15(10)9(3)4;1-9(2)12-6-11(8-14-5)7-13(12)10(3)4;1-9(2)11-7-12(5,6)8-13(11)10(3)4;1-8(2)10-6-11(5,12)7-13(10)9(3)4;1-7(2)11-10-5-9(10)6-12(11)8(3)4/h5-6,11-13H,7-10H2,1-4H3;9-11H,5-8H2,1-4H3;8-10H,5-7H2,1-4H3;9-12H,6-8H2,1-5H3;9-11H,7-8H2,1-6H3;8-10H,6-7H2,1-5H3;7-11H,5-6H2,1-4H3. The van der Waals surface area contributed by atoms with E-state index in [1.807, 2.05) is 7.11 Å². The molecule has 8 saturated heterocycles. The smallest absolute Gasteiger partial charge is 0.306 e. The molecule has 13 unspecified atom stereocenters. The van der Waals surface area contributed by atoms with Gasteiger partial charge in [0, 0.05) is 157 Å². The molecule has 8 heterocycles. The van der Waals surface area contributed by atoms with Gasteiger partial charge >= 0.3 is 5.97 Å². The number of piperidine rings is 1. The molecule has 13 atom stereocenters. The molecule has 98 heavy (non-hydrogen) atoms. The topological polar surface area (TPSA) is 58.2 Å². The van der Waals surface area contributed by atoms with Crippen molar-refractivity contribution >= 4 is 5.97 Å². The highest BCUT2D eigenvalue weighted by molar-refractivity contribution is 5.72. The number of methoxy groups -OCH3 is 1. The van der Waals surface area contributed by atoms with Crippen LogP contribution in [0.25, 0.3) is 0 Å². The Bertz CT molecular complexity index is 2220. The summed E-state index contributed by atoms with van der Waals surface area (Å²) in [4.78, 5) is 29.1. The van der Waals surface area contributed by atoms with Crippen molar-refractivity contribution in [1.29, 1.82) is 0 Å². The van der Waals surface area contributed by atoms with Gasteiger partial charge in [-0.1, -0.05) is 123 Å². The number of halogens is 3. The molecule has 2 saturated carbocycles. The van der Waals surface area contributed by atoms with E-state index in [4.69, 9.17) is 9.47 Å². The third-order valence-corrected chi connectivity index (χ3v) is 25.6. The third kappa shape index (κ3) is 22.9. The van der Waals surface area contributed by atoms with Crippen LogP contribution in [0.5, 0.6) is 0 Å². The molecule has 0 aromatic heterocycles. The maximum absolute atomic E-state index is 13.8. The summed E-state index contributed by atoms with van der Waals surface area (Å²) in [7, 11) is 1.81. The SMILES string of the molecule is CC(C)C1C2CC2CN1C(C)C.CC(C)C1CC(C)(C)CN1C(C)C.CC(C)C1CC(C)(F)CN1C(C)C.CC(C)C1CC2(CC=CC2)CN1C(C)C.CC(C)C1CC2(CCC(=O)O2)CN1C(C)C.CC(C)C1CC2(CN1C(C)C)CC2(F)F.COCC1CC(C(C)C)N(C(C)C)C1. The van der Waals surface area contributed by atoms with E-state index in [1.165, 1.54) is 64.7 Å². The first-order valence-electron chi connectivity index (χ1n) is 40.8. The molecular weight excluding hydrogens is 1220 g/mol. The minimum absolute atomic E-state index is 0.00638. The number of nitrogens with zero attached hydrogens (tertiary/aromatic N) is 7. The number of carbonyl (C=O) groups excluding carboxylic acids is 1. The quantitative estimate of drug-likeness (QED) is 0.110. The number of hydrogen-bond donors (Lipinski definition) is 0. The van der Waals surface area contributed by atoms with Crippen LogP contribution in [-0.4, -0.2) is 202 Å². The predicted octanol–water partition coefficient (Wildman–Crippen LogP) is 19.6. The molecule has 576 valence electrons. The predicted molar refractivity (Wildman–Crippen MR) is 412 cm³/mol. The zero-order valence-electron chi connectivity index (χ0n) is 70.1. The first kappa shape index (κ1) is 87.3. The Morgan fingerprint density at radius 2 is 0.867 bits per heavy atom. The Hall–Kier alpha value is -1.32. The van der Waals surface area contributed by atoms with Crippen molar-refractivity contribution in [3.05, 3.63) is 12.2 Å². The highest BCUT2D eigenvalue weighted by Crippen LogP contribution is 2.67. The minimum atomic E-state index is -2.39. The molecular formula is C85H162F3N7O3. The zero-order chi connectivity index (χ0) is 74.4. The lowest BCUT2D eigenvalue weighted by Gasteiger charge is -2.33. The average Bonchev–Trinajstić information content (AvgIpc) is 1.54. The van der Waals surface area contributed by atoms with Crippen molar-refractivity contribution in [2.24, 2.45) is 75.4 Å². The molecule has 0 aromatic rings. The Morgan fingerprint density at radius 3 is 1.21 bits per heavy atom. The van der Waals surface area contributed by atoms with Crippen LogP contribution in [0.4, 0.5) is 13.2 Å². The van der Waals surface area contributed by atoms with Gasteiger partial charge in [0.1, 0.15) is 11.3 Å². The molecule has 11 aliphatic rings. The van der Waals surface area contributed by atoms with Crippen molar-refractivity contribution in [2.45, 2.75) is 393 Å². The van der Waals surface area contributed by atoms with Gasteiger partial charge < -0.3 is 9.47 Å². The average molecular weight is 1390 g/mol. The van der Waals surface area contributed by atoms with Gasteiger partial charge in [-0.3, -0.25) is 39.1 Å². The zero-order valence-corrected chi connectivity index (χ0v) is 70.1. The van der Waals surface area contributed by atoms with E-state index >= 15 is 0 Å². The molecule has 3 spiro atoms. The van der Waals surface area contributed by atoms with Gasteiger partial charge in [0.15, 0.2) is 0 Å². The van der Waals surface area contributed by atoms with E-state index in [0.717, 1.165) is 97.6 Å². The van der Waals surface area contributed by atoms with E-state index < -0.39 is 17.0 Å². The second-order valence-corrected chi connectivity index (χ2v) is 39.5. The van der Waals surface area contributed by atoms with Crippen molar-refractivity contribution in [2.75, 3.05) is 59.5 Å². The number of fused-ring (bicyclic) bond motifs is 1. The number of carbonyl (C=O) groups is 1. The fourth-order valence-corrected chi connectivity index (χ4v) is 19.9. The van der Waals surface area contributed by atoms with Gasteiger partial charge in [0.25, 0.3) is 5.92 Å². The molecule has 11 rings (SSSR count). The molecule has 10 nitrogen and oxygen atoms in total. The molecule has 0 radical (unpaired) electrons. The summed E-state index contributed by atoms with van der Waals surface area (Å²) in [6, 6.07) is 8.81. The van der Waals surface area contributed by atoms with Crippen LogP contribution in [0.15, 0.2) is 12.2 Å². The molecule has 10 fully saturated rings. The van der Waals surface area contributed by atoms with Crippen LogP contribution in [0.1, 0.15) is 292 Å². The van der Waals surface area contributed by atoms with Crippen molar-refractivity contribution in [1.82, 2.24) is 34.3 Å². The van der Waals surface area contributed by atoms with Crippen LogP contribution in [0.3, 0.4) is 0 Å². The minimum Gasteiger partial charge on any atom is -0.458 e. The van der Waals surface area contributed by atoms with Crippen molar-refractivity contribution in [3.8, 4) is 0 Å². The second-order valence-electron chi connectivity index (χ2n) is 39.5. The van der Waals surface area contributed by atoms with Crippen molar-refractivity contribution < 1.29 is 27.4 Å². The Kier molecular flexibility index (Phi) is 31.9. The van der Waals surface area contributed by atoms with E-state index in [0.29, 0.717) is 115 Å². The summed E-state index contributed by atoms with van der Waals surface area (Å²) in [5.74, 6) is 5.35. The molecule has 0 bridgehead atoms. The number of allylic oxidation sites excluding steroid dienone is 2. The maximum Gasteiger partial charge on any atom is 0.306 e. The fraction of sp³-hybridized carbons (Fsp3) is 0.965. The number of ether oxygens (including phenoxy) is 2. The first-order valence-corrected chi connectivity index (χ1v) is 40.8. The van der Waals surface area contributed by atoms with Gasteiger partial charge in [-0.2, -0.15) is 0 Å². The number of esters is 1. The van der Waals surface area contributed by atoms with Crippen LogP contribution in [-0.2, 0) is 14.3 Å². The maximum atomic E-state index is 13.8. The van der Waals surface area contributed by atoms with Gasteiger partial charge in [0.2, 0.25) is 0 Å². The van der Waals surface area contributed by atoms with Gasteiger partial charge in [-0.05, 0) is 232 Å². The summed E-state index contributed by atoms with van der Waals surface area (Å²) in [6.07, 6.45) is 17.1. The summed E-state index contributed by atoms with van der Waals surface area (Å²) < 4.78 is 51.3. The van der Waals surface area contributed by atoms with Gasteiger partial charge in [-0.15, -0.1) is 0 Å². The lowest BCUT2D eigenvalue weighted by molar-refractivity contribution is -0.147. The van der Waals surface area contributed by atoms with Crippen molar-refractivity contribution in [3.63, 3.8) is 0 Å². The highest BCUT2D eigenvalue weighted by Gasteiger charge is 2.74. The lowest BCUT2D eigenvalue weighted by Crippen LogP contribution is -2.41. The Labute approximate surface area is 605 Å². The number of hydrogen-bond acceptors (Lipinski definition) is 10. The summed E-state index contributed by atoms with van der Waals surface area (Å²) in [5.41, 5.74) is -0.653. The largest absolute Gasteiger partial charge is 0.458 e. The fourth-order valence-electron chi connectivity index (χ4n) is 19.9. The Balaban J connectivity index is 0.000000207. The van der Waals surface area contributed by atoms with Gasteiger partial charge in [-0.25, -0.2) is 13.2 Å². The molecule has 0 aromatic carbocycles. The molecule has 0 N–H and O–H groups in total. The van der Waals surface area contributed by atoms with E-state index in [9.17, 15) is 18.0 Å². The lowest BCUT2D eigenvalue weighted by atomic mass is 9.81. The van der Waals surface area contributed by atoms with Crippen LogP contribution < -0.4 is 0 Å². The van der Waals surface area contributed by atoms with E-state index in [1.54, 1.807) is 6.92 Å². The Morgan fingerprint density at radius 1 is 0.459 bits per heavy atom. The van der Waals surface area contributed by atoms with Gasteiger partial charge in [0.05, 0.1) is 12.0 Å². The summed E-state index contributed by atoms with van der Waals surface area (Å²) in [6.45, 7) is 78.3. The monoisotopic (exact) mass is 1390 g/mol. The number of alkyl halides is 3. The van der Waals surface area contributed by atoms with Crippen LogP contribution in [0.2, 0.25) is 0 Å². The molecule has 8 aliphatic heterocycles. The first-order chi connectivity index (χ1) is 45.1. The second kappa shape index (κ2) is 35.8. The molecule has 0 amide bonds. The highest BCUT2D eigenvalue weighted by atomic mass is 19.3. The van der Waals surface area contributed by atoms with E-state index in [-0.39, 0.29) is 18.0 Å². The van der Waals surface area contributed by atoms with Crippen LogP contribution in [0, 0.1) is 75.4 Å². The number of rotatable bonds is 16. The summed E-state index contributed by atoms with van der Waals surface area (Å²) in [5, 5.41) is 0. The van der Waals surface area contributed by atoms with E-state index in [2.05, 4.69) is 254 Å². The molecule has 3 aliphatic carbocycles. The third-order valence-electron chi connectivity index (χ3n) is 25.6. The molecule has 13 heteroatoms. The van der Waals surface area contributed by atoms with Crippen LogP contribution >= 0.6 is 0 Å². The normalized spacial score (nSPS) is 34.4.